The summed E-state index contributed by atoms with van der Waals surface area (Å²) in [7, 11) is 0. The van der Waals surface area contributed by atoms with E-state index in [2.05, 4.69) is 15.5 Å². The minimum Gasteiger partial charge on any atom is -0.325 e. The van der Waals surface area contributed by atoms with Crippen molar-refractivity contribution < 1.29 is 4.79 Å². The molecule has 2 aromatic rings. The molecule has 1 atom stereocenters. The molecule has 5 heteroatoms. The number of nitrogens with zero attached hydrogens (tertiary/aromatic N) is 1. The molecule has 0 radical (unpaired) electrons. The lowest BCUT2D eigenvalue weighted by Gasteiger charge is -2.21. The number of hydrogen-bond acceptors (Lipinski definition) is 3. The Hall–Kier alpha value is -2.14. The first-order valence-electron chi connectivity index (χ1n) is 6.23. The van der Waals surface area contributed by atoms with Crippen LogP contribution in [0.15, 0.2) is 36.5 Å². The maximum Gasteiger partial charge on any atom is 0.244 e. The summed E-state index contributed by atoms with van der Waals surface area (Å²) in [5.41, 5.74) is 7.73. The summed E-state index contributed by atoms with van der Waals surface area (Å²) in [6.07, 6.45) is 2.29. The lowest BCUT2D eigenvalue weighted by molar-refractivity contribution is -0.120. The Bertz CT molecular complexity index is 543. The first kappa shape index (κ1) is 13.3. The number of carbonyl (C=O) groups excluding carboxylic acids is 1. The summed E-state index contributed by atoms with van der Waals surface area (Å²) in [4.78, 5) is 11.9. The van der Waals surface area contributed by atoms with Crippen molar-refractivity contribution in [3.8, 4) is 11.3 Å². The van der Waals surface area contributed by atoms with Gasteiger partial charge in [0.15, 0.2) is 0 Å². The van der Waals surface area contributed by atoms with E-state index in [9.17, 15) is 4.79 Å². The fourth-order valence-corrected chi connectivity index (χ4v) is 1.58. The van der Waals surface area contributed by atoms with E-state index >= 15 is 0 Å². The molecule has 0 aliphatic heterocycles. The standard InChI is InChI=1S/C14H18N4O/c1-3-14(2,15)13(19)17-11-6-4-10(5-7-11)12-8-9-16-18-12/h4-9H,3,15H2,1-2H3,(H,16,18)(H,17,19). The van der Waals surface area contributed by atoms with Gasteiger partial charge in [-0.2, -0.15) is 5.10 Å². The Morgan fingerprint density at radius 1 is 1.37 bits per heavy atom. The van der Waals surface area contributed by atoms with E-state index < -0.39 is 5.54 Å². The Morgan fingerprint density at radius 2 is 2.05 bits per heavy atom. The van der Waals surface area contributed by atoms with Crippen molar-refractivity contribution >= 4 is 11.6 Å². The molecular formula is C14H18N4O. The van der Waals surface area contributed by atoms with E-state index in [1.165, 1.54) is 0 Å². The summed E-state index contributed by atoms with van der Waals surface area (Å²) in [6.45, 7) is 3.61. The highest BCUT2D eigenvalue weighted by atomic mass is 16.2. The van der Waals surface area contributed by atoms with Crippen LogP contribution in [0.2, 0.25) is 0 Å². The van der Waals surface area contributed by atoms with E-state index in [0.29, 0.717) is 6.42 Å². The fourth-order valence-electron chi connectivity index (χ4n) is 1.58. The Labute approximate surface area is 112 Å². The van der Waals surface area contributed by atoms with Crippen LogP contribution in [-0.2, 0) is 4.79 Å². The van der Waals surface area contributed by atoms with Crippen LogP contribution in [0, 0.1) is 0 Å². The summed E-state index contributed by atoms with van der Waals surface area (Å²) in [6, 6.07) is 9.42. The van der Waals surface area contributed by atoms with E-state index in [1.807, 2.05) is 37.3 Å². The lowest BCUT2D eigenvalue weighted by Crippen LogP contribution is -2.47. The Morgan fingerprint density at radius 3 is 2.58 bits per heavy atom. The molecule has 0 fully saturated rings. The van der Waals surface area contributed by atoms with Gasteiger partial charge in [0.1, 0.15) is 0 Å². The first-order valence-corrected chi connectivity index (χ1v) is 6.23. The second kappa shape index (κ2) is 5.24. The van der Waals surface area contributed by atoms with Gasteiger partial charge >= 0.3 is 0 Å². The second-order valence-electron chi connectivity index (χ2n) is 4.77. The zero-order chi connectivity index (χ0) is 13.9. The van der Waals surface area contributed by atoms with Gasteiger partial charge in [-0.25, -0.2) is 0 Å². The van der Waals surface area contributed by atoms with E-state index in [0.717, 1.165) is 16.9 Å². The number of hydrogen-bond donors (Lipinski definition) is 3. The van der Waals surface area contributed by atoms with E-state index in [1.54, 1.807) is 13.1 Å². The molecular weight excluding hydrogens is 240 g/mol. The van der Waals surface area contributed by atoms with Crippen molar-refractivity contribution in [2.45, 2.75) is 25.8 Å². The van der Waals surface area contributed by atoms with Crippen molar-refractivity contribution in [2.24, 2.45) is 5.73 Å². The molecule has 19 heavy (non-hydrogen) atoms. The molecule has 0 aliphatic rings. The quantitative estimate of drug-likeness (QED) is 0.785. The van der Waals surface area contributed by atoms with Crippen molar-refractivity contribution in [3.05, 3.63) is 36.5 Å². The number of amides is 1. The average Bonchev–Trinajstić information content (AvgIpc) is 2.93. The van der Waals surface area contributed by atoms with Crippen LogP contribution < -0.4 is 11.1 Å². The molecule has 5 nitrogen and oxygen atoms in total. The fraction of sp³-hybridized carbons (Fsp3) is 0.286. The number of rotatable bonds is 4. The number of carbonyl (C=O) groups is 1. The van der Waals surface area contributed by atoms with Crippen molar-refractivity contribution in [3.63, 3.8) is 0 Å². The normalized spacial score (nSPS) is 13.8. The lowest BCUT2D eigenvalue weighted by atomic mass is 9.99. The van der Waals surface area contributed by atoms with Gasteiger partial charge in [0.05, 0.1) is 11.2 Å². The van der Waals surface area contributed by atoms with Gasteiger partial charge in [-0.3, -0.25) is 9.89 Å². The molecule has 1 aromatic carbocycles. The minimum atomic E-state index is -0.845. The monoisotopic (exact) mass is 258 g/mol. The summed E-state index contributed by atoms with van der Waals surface area (Å²) in [5, 5.41) is 9.61. The zero-order valence-electron chi connectivity index (χ0n) is 11.1. The maximum atomic E-state index is 11.9. The highest BCUT2D eigenvalue weighted by Gasteiger charge is 2.25. The molecule has 0 bridgehead atoms. The number of benzene rings is 1. The molecule has 4 N–H and O–H groups in total. The minimum absolute atomic E-state index is 0.177. The maximum absolute atomic E-state index is 11.9. The third-order valence-electron chi connectivity index (χ3n) is 3.21. The average molecular weight is 258 g/mol. The molecule has 0 saturated heterocycles. The van der Waals surface area contributed by atoms with Gasteiger partial charge in [-0.15, -0.1) is 0 Å². The Balaban J connectivity index is 2.10. The molecule has 1 aromatic heterocycles. The first-order chi connectivity index (χ1) is 9.03. The molecule has 1 heterocycles. The van der Waals surface area contributed by atoms with Crippen molar-refractivity contribution in [1.29, 1.82) is 0 Å². The zero-order valence-corrected chi connectivity index (χ0v) is 11.1. The van der Waals surface area contributed by atoms with Crippen molar-refractivity contribution in [1.82, 2.24) is 10.2 Å². The second-order valence-corrected chi connectivity index (χ2v) is 4.77. The topological polar surface area (TPSA) is 83.8 Å². The van der Waals surface area contributed by atoms with Crippen molar-refractivity contribution in [2.75, 3.05) is 5.32 Å². The highest BCUT2D eigenvalue weighted by Crippen LogP contribution is 2.19. The number of aromatic amines is 1. The number of anilines is 1. The van der Waals surface area contributed by atoms with Crippen LogP contribution in [-0.4, -0.2) is 21.6 Å². The van der Waals surface area contributed by atoms with Crippen LogP contribution in [0.4, 0.5) is 5.69 Å². The van der Waals surface area contributed by atoms with Crippen LogP contribution in [0.3, 0.4) is 0 Å². The number of aromatic nitrogens is 2. The van der Waals surface area contributed by atoms with Gasteiger partial charge in [-0.05, 0) is 37.1 Å². The van der Waals surface area contributed by atoms with Gasteiger partial charge in [0.25, 0.3) is 0 Å². The van der Waals surface area contributed by atoms with Crippen LogP contribution in [0.1, 0.15) is 20.3 Å². The molecule has 1 unspecified atom stereocenters. The summed E-state index contributed by atoms with van der Waals surface area (Å²) in [5.74, 6) is -0.177. The number of nitrogens with one attached hydrogen (secondary N) is 2. The molecule has 0 aliphatic carbocycles. The van der Waals surface area contributed by atoms with Crippen LogP contribution in [0.5, 0.6) is 0 Å². The van der Waals surface area contributed by atoms with Crippen LogP contribution >= 0.6 is 0 Å². The smallest absolute Gasteiger partial charge is 0.244 e. The molecule has 1 amide bonds. The highest BCUT2D eigenvalue weighted by molar-refractivity contribution is 5.97. The summed E-state index contributed by atoms with van der Waals surface area (Å²) >= 11 is 0. The molecule has 0 saturated carbocycles. The Kier molecular flexibility index (Phi) is 3.66. The summed E-state index contributed by atoms with van der Waals surface area (Å²) < 4.78 is 0. The largest absolute Gasteiger partial charge is 0.325 e. The number of H-pyrrole nitrogens is 1. The number of nitrogens with two attached hydrogens (primary N) is 1. The van der Waals surface area contributed by atoms with Gasteiger partial charge < -0.3 is 11.1 Å². The molecule has 0 spiro atoms. The predicted molar refractivity (Wildman–Crippen MR) is 75.5 cm³/mol. The van der Waals surface area contributed by atoms with Gasteiger partial charge in [-0.1, -0.05) is 19.1 Å². The molecule has 2 rings (SSSR count). The van der Waals surface area contributed by atoms with Gasteiger partial charge in [0, 0.05) is 11.9 Å². The van der Waals surface area contributed by atoms with Crippen LogP contribution in [0.25, 0.3) is 11.3 Å². The third kappa shape index (κ3) is 3.00. The third-order valence-corrected chi connectivity index (χ3v) is 3.21. The van der Waals surface area contributed by atoms with E-state index in [4.69, 9.17) is 5.73 Å². The van der Waals surface area contributed by atoms with E-state index in [-0.39, 0.29) is 5.91 Å². The molecule has 100 valence electrons. The predicted octanol–water partition coefficient (Wildman–Crippen LogP) is 2.14. The van der Waals surface area contributed by atoms with Gasteiger partial charge in [0.2, 0.25) is 5.91 Å². The SMILES string of the molecule is CCC(C)(N)C(=O)Nc1ccc(-c2ccn[nH]2)cc1.